The van der Waals surface area contributed by atoms with E-state index in [-0.39, 0.29) is 5.69 Å². The summed E-state index contributed by atoms with van der Waals surface area (Å²) in [6.07, 6.45) is 5.36. The Hall–Kier alpha value is -1.69. The molecule has 6 heteroatoms. The van der Waals surface area contributed by atoms with Gasteiger partial charge in [-0.15, -0.1) is 0 Å². The van der Waals surface area contributed by atoms with Crippen molar-refractivity contribution >= 4 is 11.8 Å². The minimum absolute atomic E-state index is 0.244. The zero-order chi connectivity index (χ0) is 13.7. The summed E-state index contributed by atoms with van der Waals surface area (Å²) in [6.45, 7) is 2.56. The molecule has 0 radical (unpaired) electrons. The van der Waals surface area contributed by atoms with Gasteiger partial charge in [0.15, 0.2) is 5.69 Å². The van der Waals surface area contributed by atoms with Crippen molar-refractivity contribution in [3.63, 3.8) is 0 Å². The monoisotopic (exact) mass is 265 g/mol. The highest BCUT2D eigenvalue weighted by atomic mass is 16.5. The first kappa shape index (κ1) is 13.7. The molecule has 0 aromatic carbocycles. The molecule has 1 aliphatic rings. The number of hydrogen-bond donors (Lipinski definition) is 0. The number of carbonyl (C=O) groups is 1. The van der Waals surface area contributed by atoms with Gasteiger partial charge in [-0.05, 0) is 18.8 Å². The smallest absolute Gasteiger partial charge is 0.358 e. The molecule has 0 aliphatic carbocycles. The van der Waals surface area contributed by atoms with Crippen LogP contribution in [-0.4, -0.2) is 49.9 Å². The minimum atomic E-state index is -0.459. The maximum atomic E-state index is 11.5. The van der Waals surface area contributed by atoms with Crippen LogP contribution < -0.4 is 4.90 Å². The Morgan fingerprint density at radius 2 is 2.32 bits per heavy atom. The van der Waals surface area contributed by atoms with E-state index < -0.39 is 5.97 Å². The number of anilines is 1. The van der Waals surface area contributed by atoms with Gasteiger partial charge in [-0.25, -0.2) is 9.78 Å². The number of ether oxygens (including phenoxy) is 2. The van der Waals surface area contributed by atoms with Crippen molar-refractivity contribution in [1.29, 1.82) is 0 Å². The second-order valence-corrected chi connectivity index (χ2v) is 4.66. The van der Waals surface area contributed by atoms with Crippen molar-refractivity contribution in [2.24, 2.45) is 5.92 Å². The van der Waals surface area contributed by atoms with Gasteiger partial charge in [0.2, 0.25) is 0 Å². The maximum absolute atomic E-state index is 11.5. The van der Waals surface area contributed by atoms with E-state index in [1.165, 1.54) is 13.3 Å². The van der Waals surface area contributed by atoms with Crippen LogP contribution >= 0.6 is 0 Å². The third-order valence-electron chi connectivity index (χ3n) is 3.26. The lowest BCUT2D eigenvalue weighted by Crippen LogP contribution is -2.37. The van der Waals surface area contributed by atoms with Crippen molar-refractivity contribution in [1.82, 2.24) is 9.97 Å². The Kier molecular flexibility index (Phi) is 4.68. The quantitative estimate of drug-likeness (QED) is 0.760. The largest absolute Gasteiger partial charge is 0.464 e. The van der Waals surface area contributed by atoms with Crippen LogP contribution in [0.3, 0.4) is 0 Å². The third kappa shape index (κ3) is 3.41. The van der Waals surface area contributed by atoms with Crippen LogP contribution in [0.5, 0.6) is 0 Å². The molecule has 2 rings (SSSR count). The molecule has 1 saturated heterocycles. The summed E-state index contributed by atoms with van der Waals surface area (Å²) in [5.41, 5.74) is 0.244. The van der Waals surface area contributed by atoms with E-state index in [1.807, 2.05) is 0 Å². The molecule has 19 heavy (non-hydrogen) atoms. The van der Waals surface area contributed by atoms with Gasteiger partial charge in [0.05, 0.1) is 26.1 Å². The second kappa shape index (κ2) is 6.47. The Labute approximate surface area is 112 Å². The summed E-state index contributed by atoms with van der Waals surface area (Å²) < 4.78 is 9.87. The summed E-state index contributed by atoms with van der Waals surface area (Å²) in [5, 5.41) is 0. The van der Waals surface area contributed by atoms with Crippen molar-refractivity contribution in [3.05, 3.63) is 18.1 Å². The van der Waals surface area contributed by atoms with Crippen LogP contribution in [-0.2, 0) is 9.47 Å². The van der Waals surface area contributed by atoms with E-state index in [4.69, 9.17) is 4.74 Å². The number of esters is 1. The first-order valence-corrected chi connectivity index (χ1v) is 6.39. The third-order valence-corrected chi connectivity index (χ3v) is 3.26. The first-order valence-electron chi connectivity index (χ1n) is 6.39. The van der Waals surface area contributed by atoms with E-state index in [0.717, 1.165) is 38.4 Å². The van der Waals surface area contributed by atoms with Crippen LogP contribution in [0.4, 0.5) is 5.82 Å². The molecule has 1 aromatic rings. The summed E-state index contributed by atoms with van der Waals surface area (Å²) in [6, 6.07) is 0. The average molecular weight is 265 g/mol. The molecule has 2 heterocycles. The number of carbonyl (C=O) groups excluding carboxylic acids is 1. The molecule has 6 nitrogen and oxygen atoms in total. The lowest BCUT2D eigenvalue weighted by atomic mass is 9.99. The molecule has 1 aliphatic heterocycles. The molecule has 0 bridgehead atoms. The molecule has 0 amide bonds. The van der Waals surface area contributed by atoms with Crippen LogP contribution in [0.25, 0.3) is 0 Å². The van der Waals surface area contributed by atoms with Crippen LogP contribution in [0.15, 0.2) is 12.4 Å². The average Bonchev–Trinajstić information content (AvgIpc) is 2.47. The normalized spacial score (nSPS) is 19.3. The summed E-state index contributed by atoms with van der Waals surface area (Å²) >= 11 is 0. The number of nitrogens with zero attached hydrogens (tertiary/aromatic N) is 3. The van der Waals surface area contributed by atoms with E-state index in [2.05, 4.69) is 19.6 Å². The standard InChI is InChI=1S/C13H19N3O3/c1-18-9-10-4-3-5-16(8-10)12-7-14-6-11(15-12)13(17)19-2/h6-7,10H,3-5,8-9H2,1-2H3. The van der Waals surface area contributed by atoms with E-state index >= 15 is 0 Å². The van der Waals surface area contributed by atoms with Gasteiger partial charge in [-0.3, -0.25) is 4.98 Å². The molecular formula is C13H19N3O3. The Balaban J connectivity index is 2.10. The van der Waals surface area contributed by atoms with Gasteiger partial charge < -0.3 is 14.4 Å². The summed E-state index contributed by atoms with van der Waals surface area (Å²) in [7, 11) is 3.06. The molecule has 1 atom stereocenters. The number of piperidine rings is 1. The van der Waals surface area contributed by atoms with Crippen LogP contribution in [0.1, 0.15) is 23.3 Å². The first-order chi connectivity index (χ1) is 9.24. The highest BCUT2D eigenvalue weighted by Gasteiger charge is 2.21. The number of aromatic nitrogens is 2. The fourth-order valence-electron chi connectivity index (χ4n) is 2.36. The fourth-order valence-corrected chi connectivity index (χ4v) is 2.36. The molecule has 1 unspecified atom stereocenters. The molecule has 1 fully saturated rings. The summed E-state index contributed by atoms with van der Waals surface area (Å²) in [5.74, 6) is 0.769. The molecule has 0 spiro atoms. The second-order valence-electron chi connectivity index (χ2n) is 4.66. The SMILES string of the molecule is COCC1CCCN(c2cncc(C(=O)OC)n2)C1. The molecule has 0 N–H and O–H groups in total. The summed E-state index contributed by atoms with van der Waals surface area (Å²) in [4.78, 5) is 22.0. The number of methoxy groups -OCH3 is 2. The topological polar surface area (TPSA) is 64.5 Å². The van der Waals surface area contributed by atoms with Gasteiger partial charge >= 0.3 is 5.97 Å². The number of hydrogen-bond acceptors (Lipinski definition) is 6. The lowest BCUT2D eigenvalue weighted by molar-refractivity contribution is 0.0593. The zero-order valence-corrected chi connectivity index (χ0v) is 11.3. The molecular weight excluding hydrogens is 246 g/mol. The van der Waals surface area contributed by atoms with Crippen molar-refractivity contribution in [2.45, 2.75) is 12.8 Å². The van der Waals surface area contributed by atoms with Crippen molar-refractivity contribution in [3.8, 4) is 0 Å². The predicted octanol–water partition coefficient (Wildman–Crippen LogP) is 1.13. The minimum Gasteiger partial charge on any atom is -0.464 e. The van der Waals surface area contributed by atoms with E-state index in [1.54, 1.807) is 13.3 Å². The van der Waals surface area contributed by atoms with Gasteiger partial charge in [0, 0.05) is 20.2 Å². The Bertz CT molecular complexity index is 437. The molecule has 1 aromatic heterocycles. The van der Waals surface area contributed by atoms with Gasteiger partial charge in [-0.1, -0.05) is 0 Å². The zero-order valence-electron chi connectivity index (χ0n) is 11.3. The van der Waals surface area contributed by atoms with Crippen LogP contribution in [0, 0.1) is 5.92 Å². The Morgan fingerprint density at radius 1 is 1.47 bits per heavy atom. The molecule has 104 valence electrons. The van der Waals surface area contributed by atoms with Gasteiger partial charge in [0.25, 0.3) is 0 Å². The van der Waals surface area contributed by atoms with Gasteiger partial charge in [-0.2, -0.15) is 0 Å². The highest BCUT2D eigenvalue weighted by Crippen LogP contribution is 2.21. The predicted molar refractivity (Wildman–Crippen MR) is 70.2 cm³/mol. The molecule has 0 saturated carbocycles. The van der Waals surface area contributed by atoms with E-state index in [9.17, 15) is 4.79 Å². The lowest BCUT2D eigenvalue weighted by Gasteiger charge is -2.33. The van der Waals surface area contributed by atoms with Crippen molar-refractivity contribution < 1.29 is 14.3 Å². The van der Waals surface area contributed by atoms with Gasteiger partial charge in [0.1, 0.15) is 5.82 Å². The highest BCUT2D eigenvalue weighted by molar-refractivity contribution is 5.87. The Morgan fingerprint density at radius 3 is 3.05 bits per heavy atom. The maximum Gasteiger partial charge on any atom is 0.358 e. The fraction of sp³-hybridized carbons (Fsp3) is 0.615. The van der Waals surface area contributed by atoms with Crippen molar-refractivity contribution in [2.75, 3.05) is 38.8 Å². The van der Waals surface area contributed by atoms with Crippen LogP contribution in [0.2, 0.25) is 0 Å². The number of rotatable bonds is 4. The van der Waals surface area contributed by atoms with E-state index in [0.29, 0.717) is 5.92 Å².